The maximum atomic E-state index is 12.7. The van der Waals surface area contributed by atoms with Crippen LogP contribution in [-0.4, -0.2) is 29.4 Å². The molecule has 3 nitrogen and oxygen atoms in total. The molecular formula is C13H18FNO2S. The molecule has 0 heterocycles. The Morgan fingerprint density at radius 3 is 2.67 bits per heavy atom. The number of rotatable bonds is 8. The topological polar surface area (TPSA) is 49.3 Å². The van der Waals surface area contributed by atoms with Crippen molar-refractivity contribution in [1.82, 2.24) is 5.32 Å². The van der Waals surface area contributed by atoms with Crippen molar-refractivity contribution >= 4 is 17.7 Å². The van der Waals surface area contributed by atoms with Crippen molar-refractivity contribution in [2.75, 3.05) is 12.3 Å². The second-order valence-corrected chi connectivity index (χ2v) is 5.10. The van der Waals surface area contributed by atoms with E-state index in [-0.39, 0.29) is 5.82 Å². The van der Waals surface area contributed by atoms with Crippen LogP contribution in [0.4, 0.5) is 4.39 Å². The number of hydrogen-bond donors (Lipinski definition) is 2. The number of benzene rings is 1. The van der Waals surface area contributed by atoms with Gasteiger partial charge in [-0.3, -0.25) is 4.79 Å². The molecule has 1 aromatic carbocycles. The van der Waals surface area contributed by atoms with Gasteiger partial charge in [0.2, 0.25) is 0 Å². The van der Waals surface area contributed by atoms with Gasteiger partial charge in [-0.1, -0.05) is 6.92 Å². The molecule has 0 spiro atoms. The lowest BCUT2D eigenvalue weighted by molar-refractivity contribution is -0.139. The molecule has 18 heavy (non-hydrogen) atoms. The van der Waals surface area contributed by atoms with E-state index in [0.717, 1.165) is 11.3 Å². The molecule has 1 atom stereocenters. The summed E-state index contributed by atoms with van der Waals surface area (Å²) in [5.41, 5.74) is 0. The lowest BCUT2D eigenvalue weighted by Gasteiger charge is -2.13. The molecule has 0 radical (unpaired) electrons. The molecule has 5 heteroatoms. The van der Waals surface area contributed by atoms with Gasteiger partial charge in [0.05, 0.1) is 0 Å². The van der Waals surface area contributed by atoms with Crippen LogP contribution in [-0.2, 0) is 4.79 Å². The molecular weight excluding hydrogens is 253 g/mol. The summed E-state index contributed by atoms with van der Waals surface area (Å²) in [5, 5.41) is 12.0. The van der Waals surface area contributed by atoms with Gasteiger partial charge in [0, 0.05) is 10.6 Å². The molecule has 1 aromatic rings. The fourth-order valence-corrected chi connectivity index (χ4v) is 2.37. The van der Waals surface area contributed by atoms with Crippen LogP contribution < -0.4 is 5.32 Å². The van der Waals surface area contributed by atoms with Crippen LogP contribution in [0.1, 0.15) is 19.8 Å². The third-order valence-electron chi connectivity index (χ3n) is 2.43. The highest BCUT2D eigenvalue weighted by molar-refractivity contribution is 7.99. The van der Waals surface area contributed by atoms with Crippen molar-refractivity contribution < 1.29 is 14.3 Å². The molecule has 0 aromatic heterocycles. The van der Waals surface area contributed by atoms with Gasteiger partial charge in [-0.05, 0) is 43.7 Å². The van der Waals surface area contributed by atoms with E-state index >= 15 is 0 Å². The maximum absolute atomic E-state index is 12.7. The van der Waals surface area contributed by atoms with E-state index in [4.69, 9.17) is 5.11 Å². The molecule has 0 saturated carbocycles. The van der Waals surface area contributed by atoms with Crippen LogP contribution in [0.15, 0.2) is 29.2 Å². The first-order valence-corrected chi connectivity index (χ1v) is 6.96. The van der Waals surface area contributed by atoms with Gasteiger partial charge in [0.1, 0.15) is 11.9 Å². The predicted molar refractivity (Wildman–Crippen MR) is 71.5 cm³/mol. The van der Waals surface area contributed by atoms with Gasteiger partial charge in [0.25, 0.3) is 0 Å². The first-order chi connectivity index (χ1) is 8.63. The van der Waals surface area contributed by atoms with Gasteiger partial charge in [0.15, 0.2) is 0 Å². The molecule has 0 saturated heterocycles. The van der Waals surface area contributed by atoms with Crippen molar-refractivity contribution in [2.45, 2.75) is 30.7 Å². The molecule has 0 aliphatic carbocycles. The van der Waals surface area contributed by atoms with Crippen molar-refractivity contribution in [3.05, 3.63) is 30.1 Å². The number of halogens is 1. The first-order valence-electron chi connectivity index (χ1n) is 5.98. The standard InChI is InChI=1S/C13H18FNO2S/c1-2-8-15-12(13(16)17)7-9-18-11-5-3-10(14)4-6-11/h3-6,12,15H,2,7-9H2,1H3,(H,16,17). The first kappa shape index (κ1) is 15.0. The molecule has 1 unspecified atom stereocenters. The molecule has 2 N–H and O–H groups in total. The maximum Gasteiger partial charge on any atom is 0.320 e. The number of carboxylic acids is 1. The number of hydrogen-bond acceptors (Lipinski definition) is 3. The van der Waals surface area contributed by atoms with Crippen LogP contribution in [0.3, 0.4) is 0 Å². The number of thioether (sulfide) groups is 1. The van der Waals surface area contributed by atoms with E-state index in [2.05, 4.69) is 5.32 Å². The molecule has 0 aliphatic rings. The average molecular weight is 271 g/mol. The Morgan fingerprint density at radius 2 is 2.11 bits per heavy atom. The van der Waals surface area contributed by atoms with Crippen molar-refractivity contribution in [2.24, 2.45) is 0 Å². The van der Waals surface area contributed by atoms with Gasteiger partial charge in [-0.2, -0.15) is 0 Å². The van der Waals surface area contributed by atoms with Crippen LogP contribution >= 0.6 is 11.8 Å². The van der Waals surface area contributed by atoms with E-state index in [1.807, 2.05) is 6.92 Å². The fraction of sp³-hybridized carbons (Fsp3) is 0.462. The third kappa shape index (κ3) is 5.51. The summed E-state index contributed by atoms with van der Waals surface area (Å²) in [5.74, 6) is -0.380. The Bertz CT molecular complexity index is 370. The fourth-order valence-electron chi connectivity index (χ4n) is 1.46. The number of nitrogens with one attached hydrogen (secondary N) is 1. The molecule has 0 bridgehead atoms. The van der Waals surface area contributed by atoms with E-state index in [9.17, 15) is 9.18 Å². The highest BCUT2D eigenvalue weighted by Gasteiger charge is 2.15. The van der Waals surface area contributed by atoms with Crippen LogP contribution in [0.25, 0.3) is 0 Å². The monoisotopic (exact) mass is 271 g/mol. The van der Waals surface area contributed by atoms with Gasteiger partial charge < -0.3 is 10.4 Å². The summed E-state index contributed by atoms with van der Waals surface area (Å²) in [6.07, 6.45) is 1.46. The van der Waals surface area contributed by atoms with Gasteiger partial charge in [-0.15, -0.1) is 11.8 Å². The second kappa shape index (κ2) is 8.11. The summed E-state index contributed by atoms with van der Waals surface area (Å²) in [7, 11) is 0. The van der Waals surface area contributed by atoms with Crippen LogP contribution in [0.2, 0.25) is 0 Å². The number of carboxylic acid groups (broad SMARTS) is 1. The van der Waals surface area contributed by atoms with E-state index in [0.29, 0.717) is 18.7 Å². The normalized spacial score (nSPS) is 12.3. The Kier molecular flexibility index (Phi) is 6.75. The van der Waals surface area contributed by atoms with E-state index < -0.39 is 12.0 Å². The molecule has 100 valence electrons. The van der Waals surface area contributed by atoms with Crippen molar-refractivity contribution in [3.8, 4) is 0 Å². The largest absolute Gasteiger partial charge is 0.480 e. The van der Waals surface area contributed by atoms with Crippen LogP contribution in [0.5, 0.6) is 0 Å². The second-order valence-electron chi connectivity index (χ2n) is 3.94. The van der Waals surface area contributed by atoms with Crippen LogP contribution in [0, 0.1) is 5.82 Å². The predicted octanol–water partition coefficient (Wildman–Crippen LogP) is 2.76. The third-order valence-corrected chi connectivity index (χ3v) is 3.47. The zero-order valence-corrected chi connectivity index (χ0v) is 11.2. The Labute approximate surface area is 111 Å². The Morgan fingerprint density at radius 1 is 1.44 bits per heavy atom. The molecule has 0 fully saturated rings. The minimum atomic E-state index is -0.817. The zero-order valence-electron chi connectivity index (χ0n) is 10.4. The Balaban J connectivity index is 2.34. The highest BCUT2D eigenvalue weighted by Crippen LogP contribution is 2.19. The minimum absolute atomic E-state index is 0.257. The number of aliphatic carboxylic acids is 1. The van der Waals surface area contributed by atoms with Gasteiger partial charge >= 0.3 is 5.97 Å². The highest BCUT2D eigenvalue weighted by atomic mass is 32.2. The van der Waals surface area contributed by atoms with E-state index in [1.54, 1.807) is 12.1 Å². The van der Waals surface area contributed by atoms with Crippen molar-refractivity contribution in [1.29, 1.82) is 0 Å². The average Bonchev–Trinajstić information content (AvgIpc) is 2.35. The summed E-state index contributed by atoms with van der Waals surface area (Å²) in [6, 6.07) is 5.72. The summed E-state index contributed by atoms with van der Waals surface area (Å²) >= 11 is 1.54. The molecule has 0 aliphatic heterocycles. The summed E-state index contributed by atoms with van der Waals surface area (Å²) in [4.78, 5) is 11.9. The van der Waals surface area contributed by atoms with E-state index in [1.165, 1.54) is 23.9 Å². The summed E-state index contributed by atoms with van der Waals surface area (Å²) in [6.45, 7) is 2.71. The molecule has 0 amide bonds. The Hall–Kier alpha value is -1.07. The van der Waals surface area contributed by atoms with Crippen molar-refractivity contribution in [3.63, 3.8) is 0 Å². The quantitative estimate of drug-likeness (QED) is 0.714. The minimum Gasteiger partial charge on any atom is -0.480 e. The summed E-state index contributed by atoms with van der Waals surface area (Å²) < 4.78 is 12.7. The zero-order chi connectivity index (χ0) is 13.4. The molecule has 1 rings (SSSR count). The van der Waals surface area contributed by atoms with Gasteiger partial charge in [-0.25, -0.2) is 4.39 Å². The number of carbonyl (C=O) groups is 1. The lowest BCUT2D eigenvalue weighted by atomic mass is 10.2. The SMILES string of the molecule is CCCNC(CCSc1ccc(F)cc1)C(=O)O. The smallest absolute Gasteiger partial charge is 0.320 e. The lowest BCUT2D eigenvalue weighted by Crippen LogP contribution is -2.37.